The molecule has 0 aliphatic carbocycles. The van der Waals surface area contributed by atoms with Crippen LogP contribution in [0.2, 0.25) is 0 Å². The van der Waals surface area contributed by atoms with Crippen LogP contribution in [-0.4, -0.2) is 46.3 Å². The van der Waals surface area contributed by atoms with E-state index in [0.29, 0.717) is 41.3 Å². The normalized spacial score (nSPS) is 11.4. The van der Waals surface area contributed by atoms with E-state index in [0.717, 1.165) is 16.7 Å². The maximum absolute atomic E-state index is 12.4. The van der Waals surface area contributed by atoms with Crippen LogP contribution < -0.4 is 10.5 Å². The first-order valence-corrected chi connectivity index (χ1v) is 10.9. The number of carboxylic acid groups (broad SMARTS) is 1. The molecule has 0 aliphatic heterocycles. The molecule has 178 valence electrons. The molecule has 35 heavy (non-hydrogen) atoms. The van der Waals surface area contributed by atoms with Crippen molar-refractivity contribution in [3.8, 4) is 17.1 Å². The number of hydrogen-bond donors (Lipinski definition) is 2. The summed E-state index contributed by atoms with van der Waals surface area (Å²) in [5, 5.41) is 8.96. The molecule has 0 radical (unpaired) electrons. The van der Waals surface area contributed by atoms with Gasteiger partial charge < -0.3 is 20.3 Å². The molecule has 3 aromatic carbocycles. The fourth-order valence-corrected chi connectivity index (χ4v) is 3.92. The lowest BCUT2D eigenvalue weighted by Gasteiger charge is -2.13. The van der Waals surface area contributed by atoms with Gasteiger partial charge in [-0.1, -0.05) is 54.6 Å². The third-order valence-electron chi connectivity index (χ3n) is 5.44. The number of benzene rings is 3. The van der Waals surface area contributed by atoms with Crippen molar-refractivity contribution in [2.75, 3.05) is 13.7 Å². The Bertz CT molecular complexity index is 1420. The Morgan fingerprint density at radius 1 is 1.03 bits per heavy atom. The fraction of sp³-hybridized carbons (Fsp3) is 0.154. The minimum absolute atomic E-state index is 0.0706. The molecule has 1 aromatic heterocycles. The van der Waals surface area contributed by atoms with Crippen molar-refractivity contribution < 1.29 is 24.2 Å². The first-order chi connectivity index (χ1) is 16.9. The zero-order valence-electron chi connectivity index (χ0n) is 19.3. The molecule has 9 nitrogen and oxygen atoms in total. The summed E-state index contributed by atoms with van der Waals surface area (Å²) in [6.45, 7) is 2.70. The molecule has 9 heteroatoms. The molecule has 0 spiro atoms. The second-order valence-corrected chi connectivity index (χ2v) is 7.60. The number of hydrogen-bond acceptors (Lipinski definition) is 5. The van der Waals surface area contributed by atoms with Crippen LogP contribution in [-0.2, 0) is 11.3 Å². The van der Waals surface area contributed by atoms with Crippen molar-refractivity contribution in [2.24, 2.45) is 10.7 Å². The molecule has 4 aromatic rings. The standard InChI is InChI=1S/C26H24N4O5/c1-3-35-25-28-21-10-6-9-20(24(31)34-2)22(21)30(25)15-16-11-13-17(14-12-16)18-7-4-5-8-19(18)23(27)29-26(32)33/h4-14H,3,15H2,1-2H3,(H2,27,29)(H,32,33). The molecule has 1 amide bonds. The highest BCUT2D eigenvalue weighted by atomic mass is 16.5. The summed E-state index contributed by atoms with van der Waals surface area (Å²) in [5.41, 5.74) is 10.7. The van der Waals surface area contributed by atoms with Crippen LogP contribution in [0.25, 0.3) is 22.2 Å². The number of aromatic nitrogens is 2. The Kier molecular flexibility index (Phi) is 6.77. The number of fused-ring (bicyclic) bond motifs is 1. The van der Waals surface area contributed by atoms with Crippen LogP contribution in [0.1, 0.15) is 28.4 Å². The molecule has 4 rings (SSSR count). The highest BCUT2D eigenvalue weighted by molar-refractivity contribution is 6.07. The number of amidine groups is 1. The van der Waals surface area contributed by atoms with Crippen LogP contribution in [0.15, 0.2) is 71.7 Å². The van der Waals surface area contributed by atoms with E-state index < -0.39 is 12.1 Å². The average molecular weight is 473 g/mol. The number of methoxy groups -OCH3 is 1. The van der Waals surface area contributed by atoms with Gasteiger partial charge in [0, 0.05) is 5.56 Å². The van der Waals surface area contributed by atoms with Gasteiger partial charge in [-0.3, -0.25) is 4.57 Å². The van der Waals surface area contributed by atoms with Crippen molar-refractivity contribution in [3.05, 3.63) is 83.4 Å². The summed E-state index contributed by atoms with van der Waals surface area (Å²) in [7, 11) is 1.34. The monoisotopic (exact) mass is 472 g/mol. The van der Waals surface area contributed by atoms with Gasteiger partial charge in [0.2, 0.25) is 0 Å². The third kappa shape index (κ3) is 4.84. The van der Waals surface area contributed by atoms with E-state index in [9.17, 15) is 9.59 Å². The van der Waals surface area contributed by atoms with Gasteiger partial charge in [0.1, 0.15) is 5.84 Å². The van der Waals surface area contributed by atoms with E-state index in [4.69, 9.17) is 20.3 Å². The summed E-state index contributed by atoms with van der Waals surface area (Å²) >= 11 is 0. The highest BCUT2D eigenvalue weighted by Gasteiger charge is 2.20. The summed E-state index contributed by atoms with van der Waals surface area (Å²) in [6, 6.07) is 20.6. The van der Waals surface area contributed by atoms with Gasteiger partial charge in [0.15, 0.2) is 0 Å². The number of carbonyl (C=O) groups is 2. The van der Waals surface area contributed by atoms with Crippen LogP contribution in [0, 0.1) is 0 Å². The largest absolute Gasteiger partial charge is 0.465 e. The average Bonchev–Trinajstić information content (AvgIpc) is 3.21. The number of esters is 1. The van der Waals surface area contributed by atoms with E-state index in [1.54, 1.807) is 24.3 Å². The predicted molar refractivity (Wildman–Crippen MR) is 132 cm³/mol. The number of para-hydroxylation sites is 1. The molecule has 0 bridgehead atoms. The Balaban J connectivity index is 1.73. The molecule has 0 saturated carbocycles. The van der Waals surface area contributed by atoms with Gasteiger partial charge in [-0.05, 0) is 35.7 Å². The van der Waals surface area contributed by atoms with E-state index in [1.165, 1.54) is 7.11 Å². The first kappa shape index (κ1) is 23.5. The second kappa shape index (κ2) is 10.1. The third-order valence-corrected chi connectivity index (χ3v) is 5.44. The van der Waals surface area contributed by atoms with E-state index in [-0.39, 0.29) is 5.84 Å². The maximum Gasteiger partial charge on any atom is 0.433 e. The highest BCUT2D eigenvalue weighted by Crippen LogP contribution is 2.28. The number of ether oxygens (including phenoxy) is 2. The van der Waals surface area contributed by atoms with E-state index in [2.05, 4.69) is 9.98 Å². The lowest BCUT2D eigenvalue weighted by molar-refractivity contribution is 0.0602. The van der Waals surface area contributed by atoms with E-state index in [1.807, 2.05) is 54.0 Å². The van der Waals surface area contributed by atoms with E-state index >= 15 is 0 Å². The minimum atomic E-state index is -1.35. The number of aliphatic imine (C=N–C) groups is 1. The first-order valence-electron chi connectivity index (χ1n) is 10.9. The van der Waals surface area contributed by atoms with Crippen molar-refractivity contribution in [1.29, 1.82) is 0 Å². The topological polar surface area (TPSA) is 129 Å². The van der Waals surface area contributed by atoms with Gasteiger partial charge >= 0.3 is 12.1 Å². The summed E-state index contributed by atoms with van der Waals surface area (Å²) in [4.78, 5) is 31.3. The molecule has 0 saturated heterocycles. The minimum Gasteiger partial charge on any atom is -0.465 e. The number of imidazole rings is 1. The Hall–Kier alpha value is -4.66. The quantitative estimate of drug-likeness (QED) is 0.233. The molecule has 3 N–H and O–H groups in total. The summed E-state index contributed by atoms with van der Waals surface area (Å²) < 4.78 is 12.6. The van der Waals surface area contributed by atoms with Gasteiger partial charge in [-0.25, -0.2) is 9.59 Å². The lowest BCUT2D eigenvalue weighted by atomic mass is 9.98. The van der Waals surface area contributed by atoms with Crippen LogP contribution in [0.4, 0.5) is 4.79 Å². The molecule has 0 fully saturated rings. The van der Waals surface area contributed by atoms with Gasteiger partial charge in [-0.2, -0.15) is 9.98 Å². The van der Waals surface area contributed by atoms with Gasteiger partial charge in [0.25, 0.3) is 6.01 Å². The fourth-order valence-electron chi connectivity index (χ4n) is 3.92. The summed E-state index contributed by atoms with van der Waals surface area (Å²) in [5.74, 6) is -0.522. The number of nitrogens with zero attached hydrogens (tertiary/aromatic N) is 3. The Morgan fingerprint density at radius 3 is 2.43 bits per heavy atom. The van der Waals surface area contributed by atoms with Crippen LogP contribution >= 0.6 is 0 Å². The van der Waals surface area contributed by atoms with Gasteiger partial charge in [-0.15, -0.1) is 0 Å². The number of nitrogens with two attached hydrogens (primary N) is 1. The van der Waals surface area contributed by atoms with Gasteiger partial charge in [0.05, 0.1) is 36.9 Å². The van der Waals surface area contributed by atoms with Crippen molar-refractivity contribution in [2.45, 2.75) is 13.5 Å². The Morgan fingerprint density at radius 2 is 1.74 bits per heavy atom. The number of carbonyl (C=O) groups excluding carboxylic acids is 1. The van der Waals surface area contributed by atoms with Crippen molar-refractivity contribution in [1.82, 2.24) is 9.55 Å². The number of amides is 1. The number of rotatable bonds is 7. The van der Waals surface area contributed by atoms with Crippen molar-refractivity contribution >= 4 is 28.9 Å². The van der Waals surface area contributed by atoms with Crippen LogP contribution in [0.3, 0.4) is 0 Å². The zero-order chi connectivity index (χ0) is 24.9. The summed E-state index contributed by atoms with van der Waals surface area (Å²) in [6.07, 6.45) is -1.35. The zero-order valence-corrected chi connectivity index (χ0v) is 19.3. The molecule has 1 heterocycles. The lowest BCUT2D eigenvalue weighted by Crippen LogP contribution is -2.16. The second-order valence-electron chi connectivity index (χ2n) is 7.60. The predicted octanol–water partition coefficient (Wildman–Crippen LogP) is 4.32. The Labute approximate surface area is 201 Å². The molecule has 0 unspecified atom stereocenters. The van der Waals surface area contributed by atoms with Crippen LogP contribution in [0.5, 0.6) is 6.01 Å². The molecule has 0 aliphatic rings. The maximum atomic E-state index is 12.4. The SMILES string of the molecule is CCOc1nc2cccc(C(=O)OC)c2n1Cc1ccc(-c2ccccc2C(N)=NC(=O)O)cc1. The molecule has 0 atom stereocenters. The van der Waals surface area contributed by atoms with Crippen molar-refractivity contribution in [3.63, 3.8) is 0 Å². The molecular weight excluding hydrogens is 448 g/mol. The smallest absolute Gasteiger partial charge is 0.433 e. The molecular formula is C26H24N4O5.